The fourth-order valence-corrected chi connectivity index (χ4v) is 4.14. The Labute approximate surface area is 145 Å². The number of piperidine rings is 1. The van der Waals surface area contributed by atoms with Crippen molar-refractivity contribution in [2.45, 2.75) is 89.9 Å². The SMILES string of the molecule is CC(C)c1cc(C(=O)N(C)C2CC3CCC(C2)N3)nn1C(C)(C)C. The van der Waals surface area contributed by atoms with E-state index in [-0.39, 0.29) is 11.4 Å². The smallest absolute Gasteiger partial charge is 0.274 e. The van der Waals surface area contributed by atoms with Gasteiger partial charge in [0.1, 0.15) is 0 Å². The second-order valence-corrected chi connectivity index (χ2v) is 8.87. The summed E-state index contributed by atoms with van der Waals surface area (Å²) < 4.78 is 2.02. The van der Waals surface area contributed by atoms with Gasteiger partial charge in [0.2, 0.25) is 0 Å². The fourth-order valence-electron chi connectivity index (χ4n) is 4.14. The van der Waals surface area contributed by atoms with Crippen LogP contribution in [0.3, 0.4) is 0 Å². The molecule has 2 bridgehead atoms. The zero-order chi connectivity index (χ0) is 17.6. The summed E-state index contributed by atoms with van der Waals surface area (Å²) in [5.41, 5.74) is 1.59. The lowest BCUT2D eigenvalue weighted by Crippen LogP contribution is -2.48. The number of carbonyl (C=O) groups excluding carboxylic acids is 1. The first-order valence-corrected chi connectivity index (χ1v) is 9.30. The van der Waals surface area contributed by atoms with Crippen LogP contribution in [-0.2, 0) is 5.54 Å². The molecule has 2 fully saturated rings. The van der Waals surface area contributed by atoms with Gasteiger partial charge in [0, 0.05) is 30.9 Å². The Morgan fingerprint density at radius 1 is 1.29 bits per heavy atom. The van der Waals surface area contributed by atoms with E-state index in [1.165, 1.54) is 12.8 Å². The summed E-state index contributed by atoms with van der Waals surface area (Å²) >= 11 is 0. The van der Waals surface area contributed by atoms with Crippen LogP contribution in [0, 0.1) is 0 Å². The Bertz CT molecular complexity index is 601. The van der Waals surface area contributed by atoms with E-state index in [4.69, 9.17) is 0 Å². The number of amides is 1. The lowest BCUT2D eigenvalue weighted by atomic mass is 9.98. The van der Waals surface area contributed by atoms with Crippen LogP contribution in [-0.4, -0.2) is 45.8 Å². The van der Waals surface area contributed by atoms with E-state index in [0.717, 1.165) is 18.5 Å². The Kier molecular flexibility index (Phi) is 4.49. The largest absolute Gasteiger partial charge is 0.337 e. The van der Waals surface area contributed by atoms with E-state index in [9.17, 15) is 4.79 Å². The average molecular weight is 332 g/mol. The van der Waals surface area contributed by atoms with Crippen molar-refractivity contribution < 1.29 is 4.79 Å². The molecule has 2 aliphatic heterocycles. The Hall–Kier alpha value is -1.36. The predicted octanol–water partition coefficient (Wildman–Crippen LogP) is 3.12. The maximum atomic E-state index is 13.0. The highest BCUT2D eigenvalue weighted by atomic mass is 16.2. The molecule has 0 radical (unpaired) electrons. The van der Waals surface area contributed by atoms with Crippen molar-refractivity contribution >= 4 is 5.91 Å². The summed E-state index contributed by atoms with van der Waals surface area (Å²) in [4.78, 5) is 15.0. The van der Waals surface area contributed by atoms with E-state index < -0.39 is 0 Å². The second kappa shape index (κ2) is 6.17. The van der Waals surface area contributed by atoms with Gasteiger partial charge in [0.15, 0.2) is 5.69 Å². The topological polar surface area (TPSA) is 50.2 Å². The van der Waals surface area contributed by atoms with Gasteiger partial charge in [-0.3, -0.25) is 9.48 Å². The highest BCUT2D eigenvalue weighted by Crippen LogP contribution is 2.30. The maximum Gasteiger partial charge on any atom is 0.274 e. The van der Waals surface area contributed by atoms with Crippen molar-refractivity contribution in [3.05, 3.63) is 17.5 Å². The van der Waals surface area contributed by atoms with Gasteiger partial charge >= 0.3 is 0 Å². The molecule has 3 rings (SSSR count). The Morgan fingerprint density at radius 3 is 2.33 bits per heavy atom. The zero-order valence-electron chi connectivity index (χ0n) is 16.0. The Morgan fingerprint density at radius 2 is 1.88 bits per heavy atom. The molecule has 1 aromatic rings. The van der Waals surface area contributed by atoms with Crippen molar-refractivity contribution in [3.8, 4) is 0 Å². The molecule has 0 spiro atoms. The summed E-state index contributed by atoms with van der Waals surface area (Å²) in [5.74, 6) is 0.407. The van der Waals surface area contributed by atoms with Gasteiger partial charge in [-0.1, -0.05) is 13.8 Å². The third kappa shape index (κ3) is 3.23. The monoisotopic (exact) mass is 332 g/mol. The third-order valence-electron chi connectivity index (χ3n) is 5.50. The summed E-state index contributed by atoms with van der Waals surface area (Å²) in [6.45, 7) is 10.7. The predicted molar refractivity (Wildman–Crippen MR) is 96.4 cm³/mol. The van der Waals surface area contributed by atoms with Gasteiger partial charge in [-0.15, -0.1) is 0 Å². The zero-order valence-corrected chi connectivity index (χ0v) is 16.0. The van der Waals surface area contributed by atoms with Gasteiger partial charge < -0.3 is 10.2 Å². The normalized spacial score (nSPS) is 26.9. The fraction of sp³-hybridized carbons (Fsp3) is 0.789. The standard InChI is InChI=1S/C19H32N4O/c1-12(2)17-11-16(21-23(17)19(3,4)5)18(24)22(6)15-9-13-7-8-14(10-15)20-13/h11-15,20H,7-10H2,1-6H3. The number of nitrogens with one attached hydrogen (secondary N) is 1. The molecule has 3 heterocycles. The summed E-state index contributed by atoms with van der Waals surface area (Å²) in [7, 11) is 1.95. The van der Waals surface area contributed by atoms with Gasteiger partial charge in [0.05, 0.1) is 5.54 Å². The average Bonchev–Trinajstić information content (AvgIpc) is 3.09. The quantitative estimate of drug-likeness (QED) is 0.925. The first kappa shape index (κ1) is 17.5. The van der Waals surface area contributed by atoms with Crippen LogP contribution in [0.2, 0.25) is 0 Å². The van der Waals surface area contributed by atoms with E-state index in [2.05, 4.69) is 45.0 Å². The molecule has 5 nitrogen and oxygen atoms in total. The van der Waals surface area contributed by atoms with Gasteiger partial charge in [-0.05, 0) is 58.4 Å². The van der Waals surface area contributed by atoms with Crippen molar-refractivity contribution in [2.24, 2.45) is 0 Å². The molecular weight excluding hydrogens is 300 g/mol. The minimum atomic E-state index is -0.120. The molecule has 0 aliphatic carbocycles. The highest BCUT2D eigenvalue weighted by molar-refractivity contribution is 5.92. The van der Waals surface area contributed by atoms with Crippen LogP contribution in [0.4, 0.5) is 0 Å². The molecule has 24 heavy (non-hydrogen) atoms. The van der Waals surface area contributed by atoms with Crippen LogP contribution in [0.5, 0.6) is 0 Å². The van der Waals surface area contributed by atoms with Crippen LogP contribution in [0.25, 0.3) is 0 Å². The minimum absolute atomic E-state index is 0.0613. The summed E-state index contributed by atoms with van der Waals surface area (Å²) in [6.07, 6.45) is 4.63. The lowest BCUT2D eigenvalue weighted by Gasteiger charge is -2.35. The van der Waals surface area contributed by atoms with E-state index in [1.54, 1.807) is 0 Å². The van der Waals surface area contributed by atoms with Crippen molar-refractivity contribution in [1.29, 1.82) is 0 Å². The summed E-state index contributed by atoms with van der Waals surface area (Å²) in [6, 6.07) is 3.49. The lowest BCUT2D eigenvalue weighted by molar-refractivity contribution is 0.0674. The summed E-state index contributed by atoms with van der Waals surface area (Å²) in [5, 5.41) is 8.33. The number of carbonyl (C=O) groups is 1. The van der Waals surface area contributed by atoms with Crippen LogP contribution < -0.4 is 5.32 Å². The van der Waals surface area contributed by atoms with E-state index >= 15 is 0 Å². The third-order valence-corrected chi connectivity index (χ3v) is 5.50. The van der Waals surface area contributed by atoms with Gasteiger partial charge in [0.25, 0.3) is 5.91 Å². The maximum absolute atomic E-state index is 13.0. The molecule has 1 aromatic heterocycles. The van der Waals surface area contributed by atoms with Crippen LogP contribution in [0.1, 0.15) is 82.4 Å². The highest BCUT2D eigenvalue weighted by Gasteiger charge is 2.37. The molecule has 0 saturated carbocycles. The first-order valence-electron chi connectivity index (χ1n) is 9.30. The molecule has 134 valence electrons. The Balaban J connectivity index is 1.82. The molecule has 1 amide bonds. The molecule has 2 saturated heterocycles. The van der Waals surface area contributed by atoms with Crippen LogP contribution in [0.15, 0.2) is 6.07 Å². The molecule has 0 aromatic carbocycles. The molecule has 1 N–H and O–H groups in total. The molecule has 2 unspecified atom stereocenters. The number of nitrogens with zero attached hydrogens (tertiary/aromatic N) is 3. The van der Waals surface area contributed by atoms with Crippen molar-refractivity contribution in [1.82, 2.24) is 20.0 Å². The number of fused-ring (bicyclic) bond motifs is 2. The van der Waals surface area contributed by atoms with Crippen molar-refractivity contribution in [3.63, 3.8) is 0 Å². The second-order valence-electron chi connectivity index (χ2n) is 8.87. The number of rotatable bonds is 3. The molecule has 2 aliphatic rings. The molecular formula is C19H32N4O. The number of hydrogen-bond acceptors (Lipinski definition) is 3. The van der Waals surface area contributed by atoms with Gasteiger partial charge in [-0.2, -0.15) is 5.10 Å². The van der Waals surface area contributed by atoms with E-state index in [0.29, 0.717) is 29.7 Å². The minimum Gasteiger partial charge on any atom is -0.337 e. The van der Waals surface area contributed by atoms with E-state index in [1.807, 2.05) is 22.7 Å². The molecule has 2 atom stereocenters. The first-order chi connectivity index (χ1) is 11.2. The molecule has 5 heteroatoms. The number of hydrogen-bond donors (Lipinski definition) is 1. The number of aromatic nitrogens is 2. The van der Waals surface area contributed by atoms with Crippen molar-refractivity contribution in [2.75, 3.05) is 7.05 Å². The van der Waals surface area contributed by atoms with Crippen LogP contribution >= 0.6 is 0 Å². The van der Waals surface area contributed by atoms with Gasteiger partial charge in [-0.25, -0.2) is 0 Å².